The molecule has 0 aromatic heterocycles. The number of para-hydroxylation sites is 1. The van der Waals surface area contributed by atoms with E-state index in [1.54, 1.807) is 0 Å². The monoisotopic (exact) mass is 289 g/mol. The van der Waals surface area contributed by atoms with Crippen molar-refractivity contribution in [2.24, 2.45) is 5.92 Å². The second kappa shape index (κ2) is 7.13. The zero-order valence-corrected chi connectivity index (χ0v) is 13.2. The summed E-state index contributed by atoms with van der Waals surface area (Å²) in [6.45, 7) is 2.08. The number of allylic oxidation sites excluding steroid dienone is 8. The minimum Gasteiger partial charge on any atom is -0.311 e. The Hall–Kier alpha value is -2.28. The third-order valence-electron chi connectivity index (χ3n) is 4.06. The van der Waals surface area contributed by atoms with E-state index in [-0.39, 0.29) is 0 Å². The van der Waals surface area contributed by atoms with Gasteiger partial charge in [-0.2, -0.15) is 0 Å². The molecule has 0 spiro atoms. The van der Waals surface area contributed by atoms with Crippen molar-refractivity contribution in [3.05, 3.63) is 90.3 Å². The Morgan fingerprint density at radius 2 is 1.82 bits per heavy atom. The molecule has 0 saturated heterocycles. The number of benzene rings is 1. The summed E-state index contributed by atoms with van der Waals surface area (Å²) in [6, 6.07) is 10.6. The van der Waals surface area contributed by atoms with Gasteiger partial charge in [0.05, 0.1) is 0 Å². The van der Waals surface area contributed by atoms with Crippen molar-refractivity contribution in [3.63, 3.8) is 0 Å². The number of hydrogen-bond donors (Lipinski definition) is 0. The molecule has 22 heavy (non-hydrogen) atoms. The highest BCUT2D eigenvalue weighted by Crippen LogP contribution is 2.30. The highest BCUT2D eigenvalue weighted by Gasteiger charge is 2.17. The molecule has 2 aliphatic carbocycles. The molecule has 0 heterocycles. The van der Waals surface area contributed by atoms with E-state index in [0.717, 1.165) is 19.3 Å². The summed E-state index contributed by atoms with van der Waals surface area (Å²) < 4.78 is 0. The summed E-state index contributed by atoms with van der Waals surface area (Å²) in [6.07, 6.45) is 21.5. The van der Waals surface area contributed by atoms with E-state index in [2.05, 4.69) is 90.8 Å². The molecular formula is C21H23N. The first-order valence-corrected chi connectivity index (χ1v) is 8.11. The fourth-order valence-corrected chi connectivity index (χ4v) is 2.97. The average Bonchev–Trinajstić information content (AvgIpc) is 2.59. The molecule has 1 aromatic rings. The predicted octanol–water partition coefficient (Wildman–Crippen LogP) is 5.76. The zero-order valence-electron chi connectivity index (χ0n) is 13.2. The van der Waals surface area contributed by atoms with Gasteiger partial charge in [-0.05, 0) is 56.4 Å². The lowest BCUT2D eigenvalue weighted by Gasteiger charge is -2.30. The van der Waals surface area contributed by atoms with Crippen molar-refractivity contribution in [1.82, 2.24) is 0 Å². The molecule has 0 N–H and O–H groups in total. The molecule has 0 fully saturated rings. The molecule has 1 heteroatoms. The minimum absolute atomic E-state index is 0.530. The van der Waals surface area contributed by atoms with E-state index in [1.807, 2.05) is 0 Å². The Labute approximate surface area is 133 Å². The van der Waals surface area contributed by atoms with Crippen molar-refractivity contribution >= 4 is 5.69 Å². The summed E-state index contributed by atoms with van der Waals surface area (Å²) in [7, 11) is 0. The largest absolute Gasteiger partial charge is 0.311 e. The molecule has 2 aliphatic rings. The van der Waals surface area contributed by atoms with Crippen LogP contribution in [0, 0.1) is 5.92 Å². The van der Waals surface area contributed by atoms with Crippen LogP contribution in [0.4, 0.5) is 5.69 Å². The lowest BCUT2D eigenvalue weighted by Crippen LogP contribution is -2.22. The van der Waals surface area contributed by atoms with Crippen molar-refractivity contribution < 1.29 is 0 Å². The number of rotatable bonds is 4. The molecule has 1 nitrogen and oxygen atoms in total. The second-order valence-electron chi connectivity index (χ2n) is 5.69. The fraction of sp³-hybridized carbons (Fsp3) is 0.238. The van der Waals surface area contributed by atoms with E-state index in [1.165, 1.54) is 17.1 Å². The van der Waals surface area contributed by atoms with Gasteiger partial charge in [0.15, 0.2) is 0 Å². The molecule has 1 unspecified atom stereocenters. The number of nitrogens with zero attached hydrogens (tertiary/aromatic N) is 1. The van der Waals surface area contributed by atoms with Crippen molar-refractivity contribution in [3.8, 4) is 0 Å². The standard InChI is InChI=1S/C21H23N/c1-2-9-18-14-16-21(17-15-18)22(19-10-5-3-6-11-19)20-12-7-4-8-13-20/h2-3,5-7,9-14,16-18H,4,8,15H2,1H3/b9-2+. The van der Waals surface area contributed by atoms with E-state index in [4.69, 9.17) is 0 Å². The summed E-state index contributed by atoms with van der Waals surface area (Å²) >= 11 is 0. The lowest BCUT2D eigenvalue weighted by atomic mass is 9.97. The van der Waals surface area contributed by atoms with Crippen LogP contribution >= 0.6 is 0 Å². The fourth-order valence-electron chi connectivity index (χ4n) is 2.97. The normalized spacial score (nSPS) is 20.9. The number of anilines is 1. The SMILES string of the molecule is C/C=C/C1C=CC(N(C2=CCCC=C2)c2ccccc2)=CC1. The van der Waals surface area contributed by atoms with E-state index in [0.29, 0.717) is 5.92 Å². The van der Waals surface area contributed by atoms with Gasteiger partial charge in [-0.3, -0.25) is 0 Å². The third kappa shape index (κ3) is 3.30. The highest BCUT2D eigenvalue weighted by molar-refractivity contribution is 5.63. The van der Waals surface area contributed by atoms with Crippen molar-refractivity contribution in [2.75, 3.05) is 4.90 Å². The van der Waals surface area contributed by atoms with E-state index < -0.39 is 0 Å². The Morgan fingerprint density at radius 3 is 2.45 bits per heavy atom. The Kier molecular flexibility index (Phi) is 4.75. The molecule has 0 aliphatic heterocycles. The summed E-state index contributed by atoms with van der Waals surface area (Å²) in [4.78, 5) is 2.36. The van der Waals surface area contributed by atoms with E-state index >= 15 is 0 Å². The second-order valence-corrected chi connectivity index (χ2v) is 5.69. The van der Waals surface area contributed by atoms with Crippen LogP contribution in [0.3, 0.4) is 0 Å². The zero-order chi connectivity index (χ0) is 15.2. The predicted molar refractivity (Wildman–Crippen MR) is 95.5 cm³/mol. The molecule has 112 valence electrons. The molecular weight excluding hydrogens is 266 g/mol. The quantitative estimate of drug-likeness (QED) is 0.637. The first-order chi connectivity index (χ1) is 10.9. The molecule has 0 saturated carbocycles. The maximum absolute atomic E-state index is 2.36. The summed E-state index contributed by atoms with van der Waals surface area (Å²) in [5.41, 5.74) is 3.77. The minimum atomic E-state index is 0.530. The summed E-state index contributed by atoms with van der Waals surface area (Å²) in [5.74, 6) is 0.530. The smallest absolute Gasteiger partial charge is 0.0461 e. The molecule has 3 rings (SSSR count). The third-order valence-corrected chi connectivity index (χ3v) is 4.06. The Bertz CT molecular complexity index is 644. The maximum Gasteiger partial charge on any atom is 0.0461 e. The van der Waals surface area contributed by atoms with Crippen LogP contribution in [0.15, 0.2) is 90.3 Å². The van der Waals surface area contributed by atoms with Crippen LogP contribution in [-0.2, 0) is 0 Å². The highest BCUT2D eigenvalue weighted by atomic mass is 15.2. The van der Waals surface area contributed by atoms with Gasteiger partial charge in [0.25, 0.3) is 0 Å². The van der Waals surface area contributed by atoms with Crippen LogP contribution in [0.5, 0.6) is 0 Å². The average molecular weight is 289 g/mol. The van der Waals surface area contributed by atoms with Crippen LogP contribution in [0.1, 0.15) is 26.2 Å². The molecule has 1 atom stereocenters. The Morgan fingerprint density at radius 1 is 1.00 bits per heavy atom. The topological polar surface area (TPSA) is 3.24 Å². The van der Waals surface area contributed by atoms with Crippen molar-refractivity contribution in [1.29, 1.82) is 0 Å². The van der Waals surface area contributed by atoms with Gasteiger partial charge in [0, 0.05) is 17.1 Å². The molecule has 0 amide bonds. The van der Waals surface area contributed by atoms with Crippen LogP contribution in [0.2, 0.25) is 0 Å². The summed E-state index contributed by atoms with van der Waals surface area (Å²) in [5, 5.41) is 0. The van der Waals surface area contributed by atoms with Gasteiger partial charge in [-0.1, -0.05) is 54.7 Å². The van der Waals surface area contributed by atoms with Crippen molar-refractivity contribution in [2.45, 2.75) is 26.2 Å². The van der Waals surface area contributed by atoms with E-state index in [9.17, 15) is 0 Å². The van der Waals surface area contributed by atoms with Gasteiger partial charge in [0.2, 0.25) is 0 Å². The number of hydrogen-bond acceptors (Lipinski definition) is 1. The molecule has 1 aromatic carbocycles. The first kappa shape index (κ1) is 14.6. The molecule has 0 radical (unpaired) electrons. The van der Waals surface area contributed by atoms with Crippen LogP contribution < -0.4 is 4.90 Å². The molecule has 0 bridgehead atoms. The first-order valence-electron chi connectivity index (χ1n) is 8.11. The van der Waals surface area contributed by atoms with Crippen LogP contribution in [0.25, 0.3) is 0 Å². The van der Waals surface area contributed by atoms with Gasteiger partial charge >= 0.3 is 0 Å². The maximum atomic E-state index is 2.36. The van der Waals surface area contributed by atoms with Gasteiger partial charge in [-0.25, -0.2) is 0 Å². The van der Waals surface area contributed by atoms with Gasteiger partial charge < -0.3 is 4.90 Å². The van der Waals surface area contributed by atoms with Gasteiger partial charge in [0.1, 0.15) is 0 Å². The lowest BCUT2D eigenvalue weighted by molar-refractivity contribution is 0.805. The Balaban J connectivity index is 1.92. The van der Waals surface area contributed by atoms with Crippen LogP contribution in [-0.4, -0.2) is 0 Å². The van der Waals surface area contributed by atoms with Gasteiger partial charge in [-0.15, -0.1) is 0 Å².